The summed E-state index contributed by atoms with van der Waals surface area (Å²) in [5.74, 6) is -0.327. The highest BCUT2D eigenvalue weighted by Gasteiger charge is 2.12. The van der Waals surface area contributed by atoms with Crippen molar-refractivity contribution < 1.29 is 4.39 Å². The maximum atomic E-state index is 13.9. The van der Waals surface area contributed by atoms with E-state index in [9.17, 15) is 4.39 Å². The SMILES string of the molecule is CCCc1cc(NCC)c2c(Cl)ccc(F)c2n1. The Labute approximate surface area is 111 Å². The smallest absolute Gasteiger partial charge is 0.149 e. The highest BCUT2D eigenvalue weighted by atomic mass is 35.5. The average Bonchev–Trinajstić information content (AvgIpc) is 2.34. The predicted octanol–water partition coefficient (Wildman–Crippen LogP) is 4.41. The molecule has 0 unspecified atom stereocenters. The van der Waals surface area contributed by atoms with Crippen molar-refractivity contribution in [2.75, 3.05) is 11.9 Å². The molecule has 1 aromatic carbocycles. The van der Waals surface area contributed by atoms with Crippen LogP contribution in [0.2, 0.25) is 5.02 Å². The van der Waals surface area contributed by atoms with E-state index in [0.29, 0.717) is 15.9 Å². The van der Waals surface area contributed by atoms with Gasteiger partial charge in [-0.05, 0) is 31.5 Å². The first-order valence-electron chi connectivity index (χ1n) is 6.18. The second-order valence-corrected chi connectivity index (χ2v) is 4.60. The van der Waals surface area contributed by atoms with Crippen LogP contribution in [0.3, 0.4) is 0 Å². The first-order chi connectivity index (χ1) is 8.67. The summed E-state index contributed by atoms with van der Waals surface area (Å²) in [6.07, 6.45) is 1.81. The third-order valence-corrected chi connectivity index (χ3v) is 3.10. The zero-order valence-corrected chi connectivity index (χ0v) is 11.3. The van der Waals surface area contributed by atoms with Crippen molar-refractivity contribution in [1.29, 1.82) is 0 Å². The number of hydrogen-bond donors (Lipinski definition) is 1. The van der Waals surface area contributed by atoms with E-state index in [1.54, 1.807) is 6.07 Å². The highest BCUT2D eigenvalue weighted by molar-refractivity contribution is 6.36. The molecule has 0 aliphatic rings. The largest absolute Gasteiger partial charge is 0.385 e. The lowest BCUT2D eigenvalue weighted by Crippen LogP contribution is -2.02. The molecule has 18 heavy (non-hydrogen) atoms. The van der Waals surface area contributed by atoms with Crippen LogP contribution in [-0.4, -0.2) is 11.5 Å². The Kier molecular flexibility index (Phi) is 4.02. The number of halogens is 2. The maximum Gasteiger partial charge on any atom is 0.149 e. The van der Waals surface area contributed by atoms with Gasteiger partial charge in [0.2, 0.25) is 0 Å². The number of pyridine rings is 1. The summed E-state index contributed by atoms with van der Waals surface area (Å²) in [5.41, 5.74) is 2.10. The number of benzene rings is 1. The Morgan fingerprint density at radius 1 is 1.33 bits per heavy atom. The first-order valence-corrected chi connectivity index (χ1v) is 6.56. The molecule has 2 aromatic rings. The lowest BCUT2D eigenvalue weighted by molar-refractivity contribution is 0.636. The minimum atomic E-state index is -0.327. The van der Waals surface area contributed by atoms with E-state index in [1.807, 2.05) is 13.0 Å². The Balaban J connectivity index is 2.72. The lowest BCUT2D eigenvalue weighted by Gasteiger charge is -2.12. The van der Waals surface area contributed by atoms with Gasteiger partial charge in [-0.2, -0.15) is 0 Å². The summed E-state index contributed by atoms with van der Waals surface area (Å²) in [7, 11) is 0. The molecule has 0 radical (unpaired) electrons. The van der Waals surface area contributed by atoms with Crippen LogP contribution in [0.1, 0.15) is 26.0 Å². The van der Waals surface area contributed by atoms with Gasteiger partial charge in [-0.3, -0.25) is 0 Å². The molecule has 1 N–H and O–H groups in total. The van der Waals surface area contributed by atoms with E-state index in [2.05, 4.69) is 17.2 Å². The number of hydrogen-bond acceptors (Lipinski definition) is 2. The van der Waals surface area contributed by atoms with E-state index < -0.39 is 0 Å². The molecule has 2 nitrogen and oxygen atoms in total. The zero-order chi connectivity index (χ0) is 13.1. The molecular weight excluding hydrogens is 251 g/mol. The van der Waals surface area contributed by atoms with Gasteiger partial charge in [0.25, 0.3) is 0 Å². The van der Waals surface area contributed by atoms with Crippen molar-refractivity contribution in [3.05, 3.63) is 34.7 Å². The van der Waals surface area contributed by atoms with Gasteiger partial charge in [-0.1, -0.05) is 24.9 Å². The number of anilines is 1. The Bertz CT molecular complexity index is 569. The number of aromatic nitrogens is 1. The minimum absolute atomic E-state index is 0.327. The third kappa shape index (κ3) is 2.41. The average molecular weight is 267 g/mol. The second kappa shape index (κ2) is 5.53. The molecule has 0 bridgehead atoms. The van der Waals surface area contributed by atoms with E-state index >= 15 is 0 Å². The normalized spacial score (nSPS) is 10.9. The fraction of sp³-hybridized carbons (Fsp3) is 0.357. The summed E-state index contributed by atoms with van der Waals surface area (Å²) in [4.78, 5) is 4.37. The molecule has 1 aromatic heterocycles. The topological polar surface area (TPSA) is 24.9 Å². The van der Waals surface area contributed by atoms with Gasteiger partial charge in [0.1, 0.15) is 11.3 Å². The van der Waals surface area contributed by atoms with Crippen LogP contribution in [0.25, 0.3) is 10.9 Å². The molecular formula is C14H16ClFN2. The number of nitrogens with zero attached hydrogens (tertiary/aromatic N) is 1. The summed E-state index contributed by atoms with van der Waals surface area (Å²) in [5, 5.41) is 4.42. The van der Waals surface area contributed by atoms with Crippen molar-refractivity contribution in [1.82, 2.24) is 4.98 Å². The van der Waals surface area contributed by atoms with Crippen molar-refractivity contribution in [3.8, 4) is 0 Å². The summed E-state index contributed by atoms with van der Waals surface area (Å²) in [6, 6.07) is 4.89. The van der Waals surface area contributed by atoms with Crippen molar-refractivity contribution >= 4 is 28.2 Å². The summed E-state index contributed by atoms with van der Waals surface area (Å²) < 4.78 is 13.9. The van der Waals surface area contributed by atoms with Gasteiger partial charge < -0.3 is 5.32 Å². The van der Waals surface area contributed by atoms with E-state index in [-0.39, 0.29) is 5.82 Å². The third-order valence-electron chi connectivity index (χ3n) is 2.79. The highest BCUT2D eigenvalue weighted by Crippen LogP contribution is 2.32. The van der Waals surface area contributed by atoms with Gasteiger partial charge in [0.15, 0.2) is 0 Å². The molecule has 2 rings (SSSR count). The van der Waals surface area contributed by atoms with Crippen LogP contribution < -0.4 is 5.32 Å². The number of fused-ring (bicyclic) bond motifs is 1. The second-order valence-electron chi connectivity index (χ2n) is 4.19. The molecule has 0 spiro atoms. The molecule has 0 saturated carbocycles. The molecule has 0 atom stereocenters. The van der Waals surface area contributed by atoms with E-state index in [0.717, 1.165) is 30.8 Å². The van der Waals surface area contributed by atoms with Crippen LogP contribution in [0.4, 0.5) is 10.1 Å². The van der Waals surface area contributed by atoms with Crippen LogP contribution in [-0.2, 0) is 6.42 Å². The van der Waals surface area contributed by atoms with Crippen LogP contribution in [0.15, 0.2) is 18.2 Å². The Hall–Kier alpha value is -1.35. The molecule has 0 saturated heterocycles. The van der Waals surface area contributed by atoms with Crippen LogP contribution >= 0.6 is 11.6 Å². The number of nitrogens with one attached hydrogen (secondary N) is 1. The number of rotatable bonds is 4. The predicted molar refractivity (Wildman–Crippen MR) is 74.9 cm³/mol. The van der Waals surface area contributed by atoms with Crippen molar-refractivity contribution in [3.63, 3.8) is 0 Å². The molecule has 96 valence electrons. The van der Waals surface area contributed by atoms with Gasteiger partial charge >= 0.3 is 0 Å². The molecule has 0 aliphatic carbocycles. The van der Waals surface area contributed by atoms with Gasteiger partial charge in [-0.15, -0.1) is 0 Å². The Morgan fingerprint density at radius 3 is 2.78 bits per heavy atom. The minimum Gasteiger partial charge on any atom is -0.385 e. The van der Waals surface area contributed by atoms with Gasteiger partial charge in [0, 0.05) is 23.3 Å². The van der Waals surface area contributed by atoms with E-state index in [1.165, 1.54) is 6.07 Å². The number of aryl methyl sites for hydroxylation is 1. The molecule has 0 fully saturated rings. The van der Waals surface area contributed by atoms with Crippen LogP contribution in [0, 0.1) is 5.82 Å². The van der Waals surface area contributed by atoms with Crippen molar-refractivity contribution in [2.45, 2.75) is 26.7 Å². The van der Waals surface area contributed by atoms with Gasteiger partial charge in [-0.25, -0.2) is 9.37 Å². The fourth-order valence-corrected chi connectivity index (χ4v) is 2.29. The molecule has 0 amide bonds. The zero-order valence-electron chi connectivity index (χ0n) is 10.6. The molecule has 1 heterocycles. The summed E-state index contributed by atoms with van der Waals surface area (Å²) in [6.45, 7) is 4.84. The van der Waals surface area contributed by atoms with Crippen LogP contribution in [0.5, 0.6) is 0 Å². The Morgan fingerprint density at radius 2 is 2.11 bits per heavy atom. The maximum absolute atomic E-state index is 13.9. The standard InChI is InChI=1S/C14H16ClFN2/c1-3-5-9-8-12(17-4-2)13-10(15)6-7-11(16)14(13)18-9/h6-8H,3-5H2,1-2H3,(H,17,18). The van der Waals surface area contributed by atoms with Crippen molar-refractivity contribution in [2.24, 2.45) is 0 Å². The first kappa shape index (κ1) is 13.1. The monoisotopic (exact) mass is 266 g/mol. The van der Waals surface area contributed by atoms with Gasteiger partial charge in [0.05, 0.1) is 5.02 Å². The molecule has 4 heteroatoms. The summed E-state index contributed by atoms with van der Waals surface area (Å²) >= 11 is 6.15. The molecule has 0 aliphatic heterocycles. The lowest BCUT2D eigenvalue weighted by atomic mass is 10.1. The van der Waals surface area contributed by atoms with E-state index in [4.69, 9.17) is 11.6 Å². The fourth-order valence-electron chi connectivity index (χ4n) is 2.04. The quantitative estimate of drug-likeness (QED) is 0.887.